The van der Waals surface area contributed by atoms with Gasteiger partial charge in [-0.15, -0.1) is 0 Å². The van der Waals surface area contributed by atoms with Gasteiger partial charge in [0, 0.05) is 0 Å². The minimum Gasteiger partial charge on any atom is -0.396 e. The number of aromatic nitrogens is 1. The Labute approximate surface area is 62.0 Å². The highest BCUT2D eigenvalue weighted by Gasteiger charge is 2.09. The highest BCUT2D eigenvalue weighted by molar-refractivity contribution is 5.57. The van der Waals surface area contributed by atoms with Gasteiger partial charge < -0.3 is 11.5 Å². The molecule has 0 aliphatic rings. The van der Waals surface area contributed by atoms with Crippen molar-refractivity contribution in [1.29, 1.82) is 0 Å². The second kappa shape index (κ2) is 2.69. The molecule has 11 heavy (non-hydrogen) atoms. The van der Waals surface area contributed by atoms with E-state index in [2.05, 4.69) is 4.98 Å². The van der Waals surface area contributed by atoms with E-state index >= 15 is 0 Å². The van der Waals surface area contributed by atoms with E-state index in [0.717, 1.165) is 6.07 Å². The molecule has 0 bridgehead atoms. The van der Waals surface area contributed by atoms with Crippen LogP contribution in [-0.2, 0) is 0 Å². The van der Waals surface area contributed by atoms with E-state index in [9.17, 15) is 8.78 Å². The summed E-state index contributed by atoms with van der Waals surface area (Å²) in [7, 11) is 0. The lowest BCUT2D eigenvalue weighted by atomic mass is 10.3. The van der Waals surface area contributed by atoms with Crippen molar-refractivity contribution in [2.75, 3.05) is 11.5 Å². The van der Waals surface area contributed by atoms with Crippen LogP contribution in [-0.4, -0.2) is 4.98 Å². The first kappa shape index (κ1) is 7.71. The Hall–Kier alpha value is -1.39. The average molecular weight is 159 g/mol. The second-order valence-corrected chi connectivity index (χ2v) is 2.01. The molecular formula is C6H7F2N3. The van der Waals surface area contributed by atoms with Crippen molar-refractivity contribution in [3.05, 3.63) is 17.8 Å². The van der Waals surface area contributed by atoms with Crippen molar-refractivity contribution < 1.29 is 8.78 Å². The molecule has 0 saturated carbocycles. The van der Waals surface area contributed by atoms with Crippen LogP contribution in [0.1, 0.15) is 12.1 Å². The third-order valence-electron chi connectivity index (χ3n) is 1.20. The topological polar surface area (TPSA) is 64.9 Å². The smallest absolute Gasteiger partial charge is 0.280 e. The van der Waals surface area contributed by atoms with Gasteiger partial charge in [0.1, 0.15) is 11.5 Å². The van der Waals surface area contributed by atoms with E-state index in [4.69, 9.17) is 11.5 Å². The Morgan fingerprint density at radius 1 is 1.27 bits per heavy atom. The maximum absolute atomic E-state index is 11.9. The predicted octanol–water partition coefficient (Wildman–Crippen LogP) is 1.18. The zero-order valence-electron chi connectivity index (χ0n) is 5.59. The number of nitrogens with zero attached hydrogens (tertiary/aromatic N) is 1. The molecule has 0 radical (unpaired) electrons. The first-order valence-electron chi connectivity index (χ1n) is 2.91. The van der Waals surface area contributed by atoms with Gasteiger partial charge in [-0.05, 0) is 12.1 Å². The number of halogens is 2. The molecule has 1 aromatic rings. The zero-order chi connectivity index (χ0) is 8.43. The maximum atomic E-state index is 11.9. The summed E-state index contributed by atoms with van der Waals surface area (Å²) in [6.07, 6.45) is -2.60. The fourth-order valence-electron chi connectivity index (χ4n) is 0.623. The van der Waals surface area contributed by atoms with E-state index < -0.39 is 6.43 Å². The molecule has 0 unspecified atom stereocenters. The molecule has 0 aliphatic heterocycles. The number of pyridine rings is 1. The Bertz CT molecular complexity index is 262. The lowest BCUT2D eigenvalue weighted by Gasteiger charge is -2.01. The van der Waals surface area contributed by atoms with Gasteiger partial charge >= 0.3 is 0 Å². The van der Waals surface area contributed by atoms with Gasteiger partial charge in [-0.2, -0.15) is 0 Å². The highest BCUT2D eigenvalue weighted by atomic mass is 19.3. The molecule has 0 fully saturated rings. The van der Waals surface area contributed by atoms with Crippen LogP contribution in [0.3, 0.4) is 0 Å². The van der Waals surface area contributed by atoms with Crippen LogP contribution in [0.4, 0.5) is 20.3 Å². The summed E-state index contributed by atoms with van der Waals surface area (Å²) in [5.41, 5.74) is 10.3. The van der Waals surface area contributed by atoms with Crippen LogP contribution >= 0.6 is 0 Å². The van der Waals surface area contributed by atoms with Gasteiger partial charge in [0.05, 0.1) is 5.69 Å². The summed E-state index contributed by atoms with van der Waals surface area (Å²) >= 11 is 0. The normalized spacial score (nSPS) is 10.5. The first-order valence-corrected chi connectivity index (χ1v) is 2.91. The molecule has 0 saturated heterocycles. The summed E-state index contributed by atoms with van der Waals surface area (Å²) in [5.74, 6) is -0.0530. The minimum atomic E-state index is -2.60. The van der Waals surface area contributed by atoms with Gasteiger partial charge in [-0.3, -0.25) is 0 Å². The Morgan fingerprint density at radius 2 is 1.91 bits per heavy atom. The number of hydrogen-bond donors (Lipinski definition) is 2. The minimum absolute atomic E-state index is 0.0530. The van der Waals surface area contributed by atoms with Crippen molar-refractivity contribution in [3.63, 3.8) is 0 Å². The predicted molar refractivity (Wildman–Crippen MR) is 38.0 cm³/mol. The van der Waals surface area contributed by atoms with E-state index in [1.54, 1.807) is 0 Å². The zero-order valence-corrected chi connectivity index (χ0v) is 5.59. The third kappa shape index (κ3) is 1.54. The summed E-state index contributed by atoms with van der Waals surface area (Å²) in [5, 5.41) is 0. The van der Waals surface area contributed by atoms with Gasteiger partial charge in [0.25, 0.3) is 6.43 Å². The summed E-state index contributed by atoms with van der Waals surface area (Å²) < 4.78 is 23.8. The molecule has 1 heterocycles. The molecular weight excluding hydrogens is 152 g/mol. The molecule has 4 N–H and O–H groups in total. The van der Waals surface area contributed by atoms with Gasteiger partial charge in [-0.1, -0.05) is 0 Å². The van der Waals surface area contributed by atoms with Crippen molar-refractivity contribution in [1.82, 2.24) is 4.98 Å². The van der Waals surface area contributed by atoms with E-state index in [-0.39, 0.29) is 17.2 Å². The number of anilines is 2. The number of nitrogens with two attached hydrogens (primary N) is 2. The van der Waals surface area contributed by atoms with Gasteiger partial charge in [-0.25, -0.2) is 13.8 Å². The number of nitrogen functional groups attached to an aromatic ring is 2. The molecule has 0 spiro atoms. The fraction of sp³-hybridized carbons (Fsp3) is 0.167. The monoisotopic (exact) mass is 159 g/mol. The van der Waals surface area contributed by atoms with Gasteiger partial charge in [0.15, 0.2) is 0 Å². The Kier molecular flexibility index (Phi) is 1.89. The van der Waals surface area contributed by atoms with Crippen LogP contribution < -0.4 is 11.5 Å². The maximum Gasteiger partial charge on any atom is 0.280 e. The lowest BCUT2D eigenvalue weighted by molar-refractivity contribution is 0.146. The molecule has 0 aromatic carbocycles. The van der Waals surface area contributed by atoms with Crippen molar-refractivity contribution >= 4 is 11.5 Å². The number of alkyl halides is 2. The van der Waals surface area contributed by atoms with Gasteiger partial charge in [0.2, 0.25) is 0 Å². The lowest BCUT2D eigenvalue weighted by Crippen LogP contribution is -2.00. The van der Waals surface area contributed by atoms with E-state index in [1.807, 2.05) is 0 Å². The summed E-state index contributed by atoms with van der Waals surface area (Å²) in [4.78, 5) is 3.38. The molecule has 1 rings (SSSR count). The Balaban J connectivity index is 3.05. The SMILES string of the molecule is Nc1ccc(C(F)F)nc1N. The quantitative estimate of drug-likeness (QED) is 0.646. The Morgan fingerprint density at radius 3 is 2.36 bits per heavy atom. The summed E-state index contributed by atoms with van der Waals surface area (Å²) in [6, 6.07) is 2.46. The van der Waals surface area contributed by atoms with Crippen molar-refractivity contribution in [2.24, 2.45) is 0 Å². The van der Waals surface area contributed by atoms with Crippen LogP contribution in [0.2, 0.25) is 0 Å². The highest BCUT2D eigenvalue weighted by Crippen LogP contribution is 2.20. The fourth-order valence-corrected chi connectivity index (χ4v) is 0.623. The van der Waals surface area contributed by atoms with Crippen LogP contribution in [0.15, 0.2) is 12.1 Å². The van der Waals surface area contributed by atoms with Crippen LogP contribution in [0.5, 0.6) is 0 Å². The molecule has 0 atom stereocenters. The first-order chi connectivity index (χ1) is 5.11. The average Bonchev–Trinajstić information content (AvgIpc) is 1.94. The molecule has 0 amide bonds. The van der Waals surface area contributed by atoms with Crippen molar-refractivity contribution in [3.8, 4) is 0 Å². The van der Waals surface area contributed by atoms with Crippen LogP contribution in [0, 0.1) is 0 Å². The standard InChI is InChI=1S/C6H7F2N3/c7-5(8)4-2-1-3(9)6(10)11-4/h1-2,5H,9H2,(H2,10,11). The van der Waals surface area contributed by atoms with E-state index in [0.29, 0.717) is 0 Å². The molecule has 3 nitrogen and oxygen atoms in total. The second-order valence-electron chi connectivity index (χ2n) is 2.01. The van der Waals surface area contributed by atoms with Crippen molar-refractivity contribution in [2.45, 2.75) is 6.43 Å². The summed E-state index contributed by atoms with van der Waals surface area (Å²) in [6.45, 7) is 0. The van der Waals surface area contributed by atoms with Crippen LogP contribution in [0.25, 0.3) is 0 Å². The third-order valence-corrected chi connectivity index (χ3v) is 1.20. The largest absolute Gasteiger partial charge is 0.396 e. The molecule has 5 heteroatoms. The molecule has 60 valence electrons. The number of hydrogen-bond acceptors (Lipinski definition) is 3. The molecule has 0 aliphatic carbocycles. The van der Waals surface area contributed by atoms with E-state index in [1.165, 1.54) is 6.07 Å². The number of rotatable bonds is 1. The molecule has 1 aromatic heterocycles.